The molecular formula is C45H57ClN8O7S. The molecule has 0 heterocycles. The number of hydrogen-bond donors (Lipinski definition) is 6. The molecule has 0 fully saturated rings. The number of nitrogens with zero attached hydrogens (tertiary/aromatic N) is 2. The minimum absolute atomic E-state index is 0.0419. The molecule has 17 heteroatoms. The Morgan fingerprint density at radius 1 is 0.710 bits per heavy atom. The molecule has 0 unspecified atom stereocenters. The molecule has 0 saturated heterocycles. The number of benzene rings is 4. The van der Waals surface area contributed by atoms with E-state index in [0.29, 0.717) is 17.1 Å². The lowest BCUT2D eigenvalue weighted by Crippen LogP contribution is -2.55. The number of anilines is 2. The highest BCUT2D eigenvalue weighted by Crippen LogP contribution is 2.23. The molecule has 15 nitrogen and oxygen atoms in total. The molecule has 62 heavy (non-hydrogen) atoms. The lowest BCUT2D eigenvalue weighted by molar-refractivity contribution is -0.131. The van der Waals surface area contributed by atoms with Gasteiger partial charge in [0.05, 0.1) is 24.0 Å². The predicted molar refractivity (Wildman–Crippen MR) is 244 cm³/mol. The second kappa shape index (κ2) is 22.2. The highest BCUT2D eigenvalue weighted by Gasteiger charge is 2.27. The van der Waals surface area contributed by atoms with E-state index in [2.05, 4.69) is 31.9 Å². The summed E-state index contributed by atoms with van der Waals surface area (Å²) in [5.41, 5.74) is 3.28. The Hall–Kier alpha value is -5.97. The molecule has 0 aliphatic carbocycles. The van der Waals surface area contributed by atoms with Gasteiger partial charge in [-0.05, 0) is 85.3 Å². The van der Waals surface area contributed by atoms with Crippen LogP contribution in [0.25, 0.3) is 0 Å². The van der Waals surface area contributed by atoms with Crippen molar-refractivity contribution in [1.29, 1.82) is 0 Å². The zero-order chi connectivity index (χ0) is 45.7. The first-order chi connectivity index (χ1) is 29.2. The van der Waals surface area contributed by atoms with E-state index >= 15 is 0 Å². The summed E-state index contributed by atoms with van der Waals surface area (Å²) in [5.74, 6) is -2.15. The third-order valence-electron chi connectivity index (χ3n) is 10.0. The van der Waals surface area contributed by atoms with Gasteiger partial charge in [0.25, 0.3) is 11.8 Å². The smallest absolute Gasteiger partial charge is 0.321 e. The molecule has 6 N–H and O–H groups in total. The van der Waals surface area contributed by atoms with Crippen LogP contribution < -0.4 is 36.2 Å². The van der Waals surface area contributed by atoms with Gasteiger partial charge in [0.1, 0.15) is 6.04 Å². The fraction of sp³-hybridized carbons (Fsp3) is 0.356. The van der Waals surface area contributed by atoms with Crippen LogP contribution in [0.1, 0.15) is 71.1 Å². The van der Waals surface area contributed by atoms with Gasteiger partial charge in [0.15, 0.2) is 0 Å². The van der Waals surface area contributed by atoms with Crippen LogP contribution in [0.15, 0.2) is 97.1 Å². The van der Waals surface area contributed by atoms with E-state index in [4.69, 9.17) is 11.6 Å². The van der Waals surface area contributed by atoms with Gasteiger partial charge in [-0.1, -0.05) is 80.0 Å². The predicted octanol–water partition coefficient (Wildman–Crippen LogP) is 5.10. The molecule has 0 saturated carbocycles. The van der Waals surface area contributed by atoms with E-state index in [-0.39, 0.29) is 47.8 Å². The average molecular weight is 890 g/mol. The summed E-state index contributed by atoms with van der Waals surface area (Å²) in [7, 11) is 0.841. The molecule has 0 aliphatic heterocycles. The van der Waals surface area contributed by atoms with E-state index < -0.39 is 51.9 Å². The summed E-state index contributed by atoms with van der Waals surface area (Å²) >= 11 is 6.17. The van der Waals surface area contributed by atoms with Crippen molar-refractivity contribution in [3.05, 3.63) is 130 Å². The van der Waals surface area contributed by atoms with Gasteiger partial charge in [0.2, 0.25) is 21.8 Å². The Morgan fingerprint density at radius 3 is 1.92 bits per heavy atom. The van der Waals surface area contributed by atoms with Crippen LogP contribution in [-0.2, 0) is 32.6 Å². The van der Waals surface area contributed by atoms with Gasteiger partial charge in [-0.25, -0.2) is 13.2 Å². The molecule has 0 aromatic heterocycles. The highest BCUT2D eigenvalue weighted by atomic mass is 35.5. The SMILES string of the molecule is CC(C)[C@H](NC(=O)[C@H](C)NC[C@H](Cc1ccccc1)NC(=O)c1cc(C(=O)N[C@H](C)c2cccc(Cl)c2)cc(N(C)S(C)(=O)=O)c1)C(=O)NCc1ccc(NC(=O)N(C)C)cc1. The second-order valence-electron chi connectivity index (χ2n) is 15.7. The summed E-state index contributed by atoms with van der Waals surface area (Å²) in [6.45, 7) is 7.43. The number of rotatable bonds is 19. The number of carbonyl (C=O) groups is 5. The molecule has 4 aromatic rings. The van der Waals surface area contributed by atoms with Crippen molar-refractivity contribution < 1.29 is 32.4 Å². The van der Waals surface area contributed by atoms with E-state index in [1.165, 1.54) is 30.1 Å². The standard InChI is InChI=1S/C45H57ClN8O7S/c1-28(2)40(44(58)48-26-32-17-19-37(20-18-32)51-45(59)53(5)6)52-41(55)30(4)47-27-38(21-31-13-10-9-11-14-31)50-43(57)35-22-34(24-39(25-35)54(7)62(8,60)61)42(56)49-29(3)33-15-12-16-36(46)23-33/h9-20,22-25,28-30,38,40,47H,21,26-27H2,1-8H3,(H,48,58)(H,49,56)(H,50,57)(H,51,59)(H,52,55)/t29-,30+,38+,40+/m1/s1. The lowest BCUT2D eigenvalue weighted by atomic mass is 10.0. The molecule has 0 bridgehead atoms. The summed E-state index contributed by atoms with van der Waals surface area (Å²) in [6.07, 6.45) is 1.38. The number of nitrogens with one attached hydrogen (secondary N) is 6. The number of amides is 6. The van der Waals surface area contributed by atoms with Gasteiger partial charge in [-0.15, -0.1) is 0 Å². The maximum atomic E-state index is 14.1. The Bertz CT molecular complexity index is 2310. The number of urea groups is 1. The first-order valence-electron chi connectivity index (χ1n) is 20.1. The number of hydrogen-bond acceptors (Lipinski definition) is 8. The molecule has 0 radical (unpaired) electrons. The molecular weight excluding hydrogens is 832 g/mol. The monoisotopic (exact) mass is 888 g/mol. The molecule has 0 aliphatic rings. The van der Waals surface area contributed by atoms with Crippen LogP contribution in [0.2, 0.25) is 5.02 Å². The van der Waals surface area contributed by atoms with E-state index in [9.17, 15) is 32.4 Å². The normalized spacial score (nSPS) is 13.2. The lowest BCUT2D eigenvalue weighted by Gasteiger charge is -2.26. The van der Waals surface area contributed by atoms with E-state index in [0.717, 1.165) is 27.3 Å². The van der Waals surface area contributed by atoms with Crippen molar-refractivity contribution in [3.63, 3.8) is 0 Å². The first kappa shape index (κ1) is 48.7. The maximum absolute atomic E-state index is 14.1. The van der Waals surface area contributed by atoms with E-state index in [1.54, 1.807) is 70.4 Å². The largest absolute Gasteiger partial charge is 0.350 e. The zero-order valence-electron chi connectivity index (χ0n) is 36.3. The van der Waals surface area contributed by atoms with Crippen molar-refractivity contribution in [2.24, 2.45) is 5.92 Å². The Balaban J connectivity index is 1.47. The van der Waals surface area contributed by atoms with Crippen molar-refractivity contribution in [1.82, 2.24) is 31.5 Å². The Kier molecular flexibility index (Phi) is 17.5. The first-order valence-corrected chi connectivity index (χ1v) is 22.3. The number of halogens is 1. The minimum Gasteiger partial charge on any atom is -0.350 e. The van der Waals surface area contributed by atoms with Gasteiger partial charge in [-0.3, -0.25) is 23.5 Å². The Labute approximate surface area is 369 Å². The van der Waals surface area contributed by atoms with Gasteiger partial charge < -0.3 is 36.8 Å². The van der Waals surface area contributed by atoms with Crippen LogP contribution in [-0.4, -0.2) is 95.0 Å². The molecule has 4 aromatic carbocycles. The quantitative estimate of drug-likeness (QED) is 0.0748. The van der Waals surface area contributed by atoms with Crippen LogP contribution in [0, 0.1) is 5.92 Å². The maximum Gasteiger partial charge on any atom is 0.321 e. The molecule has 6 amide bonds. The third kappa shape index (κ3) is 14.6. The van der Waals surface area contributed by atoms with Crippen LogP contribution >= 0.6 is 11.6 Å². The fourth-order valence-electron chi connectivity index (χ4n) is 6.19. The second-order valence-corrected chi connectivity index (χ2v) is 18.2. The van der Waals surface area contributed by atoms with E-state index in [1.807, 2.05) is 50.2 Å². The zero-order valence-corrected chi connectivity index (χ0v) is 37.9. The summed E-state index contributed by atoms with van der Waals surface area (Å²) in [5, 5.41) is 18.1. The topological polar surface area (TPSA) is 198 Å². The van der Waals surface area contributed by atoms with Crippen molar-refractivity contribution in [2.45, 2.75) is 64.8 Å². The van der Waals surface area contributed by atoms with Crippen molar-refractivity contribution in [3.8, 4) is 0 Å². The molecule has 4 rings (SSSR count). The fourth-order valence-corrected chi connectivity index (χ4v) is 6.88. The molecule has 332 valence electrons. The van der Waals surface area contributed by atoms with Gasteiger partial charge >= 0.3 is 6.03 Å². The summed E-state index contributed by atoms with van der Waals surface area (Å²) in [6, 6.07) is 24.8. The minimum atomic E-state index is -3.78. The highest BCUT2D eigenvalue weighted by molar-refractivity contribution is 7.92. The van der Waals surface area contributed by atoms with Crippen molar-refractivity contribution in [2.75, 3.05) is 43.6 Å². The summed E-state index contributed by atoms with van der Waals surface area (Å²) < 4.78 is 26.2. The van der Waals surface area contributed by atoms with Crippen molar-refractivity contribution >= 4 is 62.7 Å². The van der Waals surface area contributed by atoms with Crippen LogP contribution in [0.4, 0.5) is 16.2 Å². The summed E-state index contributed by atoms with van der Waals surface area (Å²) in [4.78, 5) is 67.9. The third-order valence-corrected chi connectivity index (χ3v) is 11.5. The Morgan fingerprint density at radius 2 is 1.34 bits per heavy atom. The average Bonchev–Trinajstić information content (AvgIpc) is 3.23. The molecule has 0 spiro atoms. The van der Waals surface area contributed by atoms with Crippen LogP contribution in [0.5, 0.6) is 0 Å². The van der Waals surface area contributed by atoms with Crippen LogP contribution in [0.3, 0.4) is 0 Å². The van der Waals surface area contributed by atoms with Gasteiger partial charge in [0, 0.05) is 62.1 Å². The number of carbonyl (C=O) groups excluding carboxylic acids is 5. The molecule has 4 atom stereocenters. The number of sulfonamides is 1. The van der Waals surface area contributed by atoms with Gasteiger partial charge in [-0.2, -0.15) is 0 Å².